The number of carbonyl (C=O) groups is 1. The van der Waals surface area contributed by atoms with E-state index < -0.39 is 0 Å². The van der Waals surface area contributed by atoms with Crippen LogP contribution in [0, 0.1) is 5.82 Å². The Morgan fingerprint density at radius 3 is 2.63 bits per heavy atom. The molecule has 1 saturated heterocycles. The fourth-order valence-corrected chi connectivity index (χ4v) is 2.76. The van der Waals surface area contributed by atoms with E-state index in [-0.39, 0.29) is 53.8 Å². The zero-order chi connectivity index (χ0) is 18.9. The van der Waals surface area contributed by atoms with Crippen LogP contribution in [0.25, 0.3) is 0 Å². The van der Waals surface area contributed by atoms with Gasteiger partial charge in [-0.15, -0.1) is 24.0 Å². The second-order valence-corrected chi connectivity index (χ2v) is 6.19. The van der Waals surface area contributed by atoms with E-state index in [2.05, 4.69) is 15.6 Å². The van der Waals surface area contributed by atoms with Crippen LogP contribution in [0.2, 0.25) is 0 Å². The number of methoxy groups -OCH3 is 1. The highest BCUT2D eigenvalue weighted by Crippen LogP contribution is 2.16. The summed E-state index contributed by atoms with van der Waals surface area (Å²) in [7, 11) is 3.09. The highest BCUT2D eigenvalue weighted by Gasteiger charge is 2.23. The van der Waals surface area contributed by atoms with E-state index in [9.17, 15) is 9.18 Å². The molecule has 0 radical (unpaired) electrons. The molecule has 1 unspecified atom stereocenters. The Hall–Kier alpha value is -1.78. The van der Waals surface area contributed by atoms with Crippen molar-refractivity contribution >= 4 is 36.0 Å². The lowest BCUT2D eigenvalue weighted by Crippen LogP contribution is -2.50. The molecule has 0 aliphatic carbocycles. The van der Waals surface area contributed by atoms with Crippen molar-refractivity contribution in [1.29, 1.82) is 0 Å². The van der Waals surface area contributed by atoms with E-state index in [4.69, 9.17) is 9.47 Å². The summed E-state index contributed by atoms with van der Waals surface area (Å²) in [5.41, 5.74) is 0. The SMILES string of the molecule is CN=C(NCC(C)Oc1ccccc1F)NC1CCN(C(=O)OC)CC1.I. The molecular formula is C18H28FIN4O3. The van der Waals surface area contributed by atoms with Gasteiger partial charge in [0, 0.05) is 26.2 Å². The quantitative estimate of drug-likeness (QED) is 0.374. The summed E-state index contributed by atoms with van der Waals surface area (Å²) in [6.07, 6.45) is 1.12. The second-order valence-electron chi connectivity index (χ2n) is 6.19. The Labute approximate surface area is 176 Å². The summed E-state index contributed by atoms with van der Waals surface area (Å²) in [5, 5.41) is 6.53. The molecule has 1 amide bonds. The molecule has 2 N–H and O–H groups in total. The third-order valence-corrected chi connectivity index (χ3v) is 4.21. The van der Waals surface area contributed by atoms with E-state index in [0.717, 1.165) is 12.8 Å². The first kappa shape index (κ1) is 23.3. The van der Waals surface area contributed by atoms with Gasteiger partial charge in [0.25, 0.3) is 0 Å². The zero-order valence-electron chi connectivity index (χ0n) is 15.9. The minimum Gasteiger partial charge on any atom is -0.486 e. The number of guanidine groups is 1. The lowest BCUT2D eigenvalue weighted by Gasteiger charge is -2.32. The van der Waals surface area contributed by atoms with Gasteiger partial charge >= 0.3 is 6.09 Å². The van der Waals surface area contributed by atoms with Crippen LogP contribution in [0.3, 0.4) is 0 Å². The standard InChI is InChI=1S/C18H27FN4O3.HI/c1-13(26-16-7-5-4-6-15(16)19)12-21-17(20-2)22-14-8-10-23(11-9-14)18(24)25-3;/h4-7,13-14H,8-12H2,1-3H3,(H2,20,21,22);1H. The van der Waals surface area contributed by atoms with Crippen LogP contribution in [0.1, 0.15) is 19.8 Å². The number of aliphatic imine (C=N–C) groups is 1. The van der Waals surface area contributed by atoms with Gasteiger partial charge in [-0.2, -0.15) is 0 Å². The lowest BCUT2D eigenvalue weighted by molar-refractivity contribution is 0.111. The Balaban J connectivity index is 0.00000364. The molecule has 1 atom stereocenters. The lowest BCUT2D eigenvalue weighted by atomic mass is 10.1. The number of rotatable bonds is 5. The summed E-state index contributed by atoms with van der Waals surface area (Å²) in [4.78, 5) is 17.4. The number of benzene rings is 1. The fourth-order valence-electron chi connectivity index (χ4n) is 2.76. The Morgan fingerprint density at radius 2 is 2.04 bits per heavy atom. The number of para-hydroxylation sites is 1. The van der Waals surface area contributed by atoms with Gasteiger partial charge in [0.1, 0.15) is 6.10 Å². The maximum atomic E-state index is 13.6. The third kappa shape index (κ3) is 7.39. The monoisotopic (exact) mass is 494 g/mol. The van der Waals surface area contributed by atoms with Crippen molar-refractivity contribution in [3.8, 4) is 5.75 Å². The molecule has 1 aliphatic heterocycles. The van der Waals surface area contributed by atoms with Crippen LogP contribution < -0.4 is 15.4 Å². The van der Waals surface area contributed by atoms with Gasteiger partial charge < -0.3 is 25.0 Å². The number of halogens is 2. The average molecular weight is 494 g/mol. The third-order valence-electron chi connectivity index (χ3n) is 4.21. The molecule has 9 heteroatoms. The van der Waals surface area contributed by atoms with Crippen LogP contribution in [-0.2, 0) is 4.74 Å². The van der Waals surface area contributed by atoms with Crippen LogP contribution in [0.15, 0.2) is 29.3 Å². The van der Waals surface area contributed by atoms with Gasteiger partial charge in [0.15, 0.2) is 17.5 Å². The molecule has 2 rings (SSSR count). The molecule has 1 heterocycles. The van der Waals surface area contributed by atoms with Gasteiger partial charge in [-0.25, -0.2) is 9.18 Å². The van der Waals surface area contributed by atoms with Crippen LogP contribution in [0.4, 0.5) is 9.18 Å². The molecule has 1 fully saturated rings. The number of piperidine rings is 1. The molecule has 1 aromatic carbocycles. The van der Waals surface area contributed by atoms with Crippen molar-refractivity contribution in [2.24, 2.45) is 4.99 Å². The van der Waals surface area contributed by atoms with Gasteiger partial charge in [-0.05, 0) is 31.9 Å². The fraction of sp³-hybridized carbons (Fsp3) is 0.556. The molecule has 0 bridgehead atoms. The minimum atomic E-state index is -0.376. The molecule has 1 aromatic rings. The molecule has 0 spiro atoms. The number of hydrogen-bond acceptors (Lipinski definition) is 4. The average Bonchev–Trinajstić information content (AvgIpc) is 2.66. The predicted octanol–water partition coefficient (Wildman–Crippen LogP) is 2.61. The summed E-state index contributed by atoms with van der Waals surface area (Å²) in [6.45, 7) is 3.64. The van der Waals surface area contributed by atoms with E-state index in [0.29, 0.717) is 25.6 Å². The van der Waals surface area contributed by atoms with Crippen molar-refractivity contribution in [1.82, 2.24) is 15.5 Å². The van der Waals surface area contributed by atoms with Crippen LogP contribution >= 0.6 is 24.0 Å². The number of ether oxygens (including phenoxy) is 2. The van der Waals surface area contributed by atoms with Crippen molar-refractivity contribution in [3.05, 3.63) is 30.1 Å². The highest BCUT2D eigenvalue weighted by atomic mass is 127. The smallest absolute Gasteiger partial charge is 0.409 e. The van der Waals surface area contributed by atoms with Crippen molar-refractivity contribution in [2.45, 2.75) is 31.9 Å². The topological polar surface area (TPSA) is 75.2 Å². The molecule has 27 heavy (non-hydrogen) atoms. The summed E-state index contributed by atoms with van der Waals surface area (Å²) in [5.74, 6) is 0.518. The molecule has 1 aliphatic rings. The molecule has 7 nitrogen and oxygen atoms in total. The number of nitrogens with zero attached hydrogens (tertiary/aromatic N) is 2. The Bertz CT molecular complexity index is 624. The summed E-state index contributed by atoms with van der Waals surface area (Å²) < 4.78 is 24.0. The van der Waals surface area contributed by atoms with E-state index in [1.807, 2.05) is 6.92 Å². The van der Waals surface area contributed by atoms with Gasteiger partial charge in [-0.3, -0.25) is 4.99 Å². The Kier molecular flexibility index (Phi) is 10.2. The molecule has 0 aromatic heterocycles. The Morgan fingerprint density at radius 1 is 1.37 bits per heavy atom. The first-order valence-electron chi connectivity index (χ1n) is 8.74. The van der Waals surface area contributed by atoms with Crippen molar-refractivity contribution in [3.63, 3.8) is 0 Å². The first-order chi connectivity index (χ1) is 12.5. The summed E-state index contributed by atoms with van der Waals surface area (Å²) in [6, 6.07) is 6.57. The normalized spacial score (nSPS) is 16.1. The van der Waals surface area contributed by atoms with Crippen molar-refractivity contribution < 1.29 is 18.7 Å². The largest absolute Gasteiger partial charge is 0.486 e. The predicted molar refractivity (Wildman–Crippen MR) is 113 cm³/mol. The zero-order valence-corrected chi connectivity index (χ0v) is 18.2. The van der Waals surface area contributed by atoms with Gasteiger partial charge in [0.05, 0.1) is 13.7 Å². The highest BCUT2D eigenvalue weighted by molar-refractivity contribution is 14.0. The number of nitrogens with one attached hydrogen (secondary N) is 2. The molecule has 0 saturated carbocycles. The summed E-state index contributed by atoms with van der Waals surface area (Å²) >= 11 is 0. The van der Waals surface area contributed by atoms with E-state index in [1.54, 1.807) is 30.1 Å². The van der Waals surface area contributed by atoms with Gasteiger partial charge in [0.2, 0.25) is 0 Å². The molecule has 152 valence electrons. The first-order valence-corrected chi connectivity index (χ1v) is 8.74. The minimum absolute atomic E-state index is 0. The van der Waals surface area contributed by atoms with Crippen LogP contribution in [0.5, 0.6) is 5.75 Å². The van der Waals surface area contributed by atoms with E-state index >= 15 is 0 Å². The maximum Gasteiger partial charge on any atom is 0.409 e. The number of likely N-dealkylation sites (tertiary alicyclic amines) is 1. The number of amides is 1. The second kappa shape index (κ2) is 11.8. The van der Waals surface area contributed by atoms with Gasteiger partial charge in [-0.1, -0.05) is 12.1 Å². The van der Waals surface area contributed by atoms with E-state index in [1.165, 1.54) is 13.2 Å². The number of carbonyl (C=O) groups excluding carboxylic acids is 1. The van der Waals surface area contributed by atoms with Crippen LogP contribution in [-0.4, -0.2) is 62.9 Å². The number of hydrogen-bond donors (Lipinski definition) is 2. The maximum absolute atomic E-state index is 13.6. The van der Waals surface area contributed by atoms with Crippen molar-refractivity contribution in [2.75, 3.05) is 33.8 Å². The molecular weight excluding hydrogens is 466 g/mol.